The number of aliphatic hydroxyl groups excluding tert-OH is 3. The molecule has 0 aliphatic heterocycles. The van der Waals surface area contributed by atoms with E-state index in [1.54, 1.807) is 122 Å². The second-order valence-electron chi connectivity index (χ2n) is 24.5. The molecule has 0 aliphatic carbocycles. The molecule has 8 aromatic heterocycles. The number of hydrogen-bond acceptors (Lipinski definition) is 24. The number of ketones is 6. The van der Waals surface area contributed by atoms with Crippen LogP contribution in [0.4, 0.5) is 0 Å². The molecule has 13 rings (SSSR count). The normalized spacial score (nSPS) is 9.88. The van der Waals surface area contributed by atoms with Crippen LogP contribution in [0, 0.1) is 36.0 Å². The summed E-state index contributed by atoms with van der Waals surface area (Å²) >= 11 is 0. The van der Waals surface area contributed by atoms with E-state index in [-0.39, 0.29) is 71.8 Å². The number of furan rings is 8. The van der Waals surface area contributed by atoms with Crippen molar-refractivity contribution in [2.75, 3.05) is 7.11 Å². The van der Waals surface area contributed by atoms with Crippen LogP contribution < -0.4 is 29.4 Å². The average Bonchev–Trinajstić information content (AvgIpc) is 1.76. The van der Waals surface area contributed by atoms with Crippen LogP contribution in [0.1, 0.15) is 132 Å². The van der Waals surface area contributed by atoms with Gasteiger partial charge >= 0.3 is 0 Å². The van der Waals surface area contributed by atoms with Gasteiger partial charge in [0.15, 0.2) is 40.3 Å². The lowest BCUT2D eigenvalue weighted by Gasteiger charge is -2.02. The van der Waals surface area contributed by atoms with Gasteiger partial charge in [-0.15, -0.1) is 6.42 Å². The van der Waals surface area contributed by atoms with Gasteiger partial charge in [-0.1, -0.05) is 117 Å². The Kier molecular flexibility index (Phi) is 42.0. The van der Waals surface area contributed by atoms with Crippen LogP contribution in [0.3, 0.4) is 0 Å². The Hall–Kier alpha value is -16.0. The molecule has 122 heavy (non-hydrogen) atoms. The Morgan fingerprint density at radius 3 is 0.967 bits per heavy atom. The van der Waals surface area contributed by atoms with E-state index >= 15 is 0 Å². The molecule has 24 heteroatoms. The van der Waals surface area contributed by atoms with Crippen LogP contribution in [0.25, 0.3) is 12.2 Å². The number of Topliss-reactive ketones (excluding diaryl/α,β-unsaturated/α-hetero) is 4. The van der Waals surface area contributed by atoms with E-state index in [4.69, 9.17) is 91.2 Å². The molecule has 0 saturated carbocycles. The standard InChI is InChI=1S/2C15H12O3.2C14H12O3.C14H10O3.C9H11NO2.C9H10O3.C8H10O3/c2*1-12(16)7-8-14-9-10-15(18-14)11-17-13-5-3-2-4-6-13;3*1-2-13(15)14-9-8-12(17-14)10-16-11-6-4-3-5-7-11;1-7(10)2-3-8-4-5-9(6-11)12-8;1-7(11)2-3-8-4-5-9(6-10)12-8;1-6(9)8-4-3-7(11-8)5-10-2/h2*2-6,9-10H,11H2,1H3;2*2-9H,1,10H2;1,3-9H,10H2;2-5,11H,1,6,10H2;2-5,10-11H,1,6H2;3-4H,5H2,1-2H3/b;;;;;2*3-2+;. The second-order valence-corrected chi connectivity index (χ2v) is 24.5. The van der Waals surface area contributed by atoms with E-state index in [1.807, 2.05) is 158 Å². The van der Waals surface area contributed by atoms with Gasteiger partial charge in [0.25, 0.3) is 5.78 Å². The molecule has 8 heterocycles. The lowest BCUT2D eigenvalue weighted by atomic mass is 10.3. The zero-order chi connectivity index (χ0) is 88.1. The summed E-state index contributed by atoms with van der Waals surface area (Å²) in [5.41, 5.74) is 5.78. The van der Waals surface area contributed by atoms with Gasteiger partial charge in [0.1, 0.15) is 145 Å². The van der Waals surface area contributed by atoms with Crippen molar-refractivity contribution in [3.63, 3.8) is 0 Å². The average molecular weight is 1650 g/mol. The number of carbonyl (C=O) groups is 6. The quantitative estimate of drug-likeness (QED) is 0.00845. The number of benzene rings is 5. The highest BCUT2D eigenvalue weighted by Gasteiger charge is 2.13. The van der Waals surface area contributed by atoms with Gasteiger partial charge in [0, 0.05) is 33.6 Å². The van der Waals surface area contributed by atoms with Gasteiger partial charge in [-0.2, -0.15) is 0 Å². The molecule has 0 aliphatic rings. The second kappa shape index (κ2) is 54.0. The highest BCUT2D eigenvalue weighted by molar-refractivity contribution is 6.06. The summed E-state index contributed by atoms with van der Waals surface area (Å²) in [7, 11) is 1.58. The summed E-state index contributed by atoms with van der Waals surface area (Å²) in [6.45, 7) is 19.6. The van der Waals surface area contributed by atoms with Crippen molar-refractivity contribution < 1.29 is 108 Å². The van der Waals surface area contributed by atoms with Gasteiger partial charge in [0.05, 0.1) is 0 Å². The zero-order valence-electron chi connectivity index (χ0n) is 67.3. The number of hydrogen-bond donors (Lipinski definition) is 4. The number of ether oxygens (including phenoxy) is 6. The Morgan fingerprint density at radius 2 is 0.680 bits per heavy atom. The molecule has 5 aromatic carbocycles. The minimum absolute atomic E-state index is 0.0306. The molecule has 24 nitrogen and oxygen atoms in total. The Balaban J connectivity index is 0.000000217. The smallest absolute Gasteiger partial charge is 0.270 e. The number of aliphatic hydroxyl groups is 3. The predicted molar refractivity (Wildman–Crippen MR) is 457 cm³/mol. The number of terminal acetylenes is 1. The van der Waals surface area contributed by atoms with E-state index in [9.17, 15) is 28.8 Å². The van der Waals surface area contributed by atoms with E-state index in [1.165, 1.54) is 39.0 Å². The minimum atomic E-state index is -0.462. The van der Waals surface area contributed by atoms with Crippen molar-refractivity contribution in [2.45, 2.75) is 73.6 Å². The monoisotopic (exact) mass is 1650 g/mol. The third-order valence-corrected chi connectivity index (χ3v) is 14.7. The Bertz CT molecular complexity index is 5380. The molecule has 0 fully saturated rings. The first-order valence-electron chi connectivity index (χ1n) is 36.9. The topological polar surface area (TPSA) is 350 Å². The summed E-state index contributed by atoms with van der Waals surface area (Å²) in [4.78, 5) is 65.7. The highest BCUT2D eigenvalue weighted by Crippen LogP contribution is 2.21. The van der Waals surface area contributed by atoms with Crippen molar-refractivity contribution in [2.24, 2.45) is 5.73 Å². The molecule has 13 aromatic rings. The number of allylic oxidation sites excluding steroid dienone is 4. The van der Waals surface area contributed by atoms with Crippen LogP contribution in [0.2, 0.25) is 0 Å². The van der Waals surface area contributed by atoms with Crippen LogP contribution in [-0.2, 0) is 67.2 Å². The number of para-hydroxylation sites is 5. The molecule has 0 bridgehead atoms. The van der Waals surface area contributed by atoms with Crippen molar-refractivity contribution in [1.82, 2.24) is 0 Å². The summed E-state index contributed by atoms with van der Waals surface area (Å²) in [6.07, 6.45) is 13.8. The molecular weight excluding hydrogens is 1560 g/mol. The maximum Gasteiger partial charge on any atom is 0.270 e. The first kappa shape index (κ1) is 94.8. The third kappa shape index (κ3) is 38.2. The van der Waals surface area contributed by atoms with Crippen LogP contribution in [0.5, 0.6) is 28.7 Å². The summed E-state index contributed by atoms with van der Waals surface area (Å²) < 4.78 is 74.3. The number of rotatable bonds is 29. The van der Waals surface area contributed by atoms with Gasteiger partial charge in [-0.25, -0.2) is 0 Å². The molecular formula is C98H89NO23. The van der Waals surface area contributed by atoms with Crippen molar-refractivity contribution in [3.8, 4) is 64.8 Å². The largest absolute Gasteiger partial charge is 0.509 e. The van der Waals surface area contributed by atoms with Gasteiger partial charge < -0.3 is 84.8 Å². The Morgan fingerprint density at radius 1 is 0.385 bits per heavy atom. The summed E-state index contributed by atoms with van der Waals surface area (Å²) in [6, 6.07) is 74.3. The molecule has 624 valence electrons. The lowest BCUT2D eigenvalue weighted by molar-refractivity contribution is -0.112. The van der Waals surface area contributed by atoms with Gasteiger partial charge in [-0.3, -0.25) is 28.8 Å². The van der Waals surface area contributed by atoms with Gasteiger partial charge in [-0.05, 0) is 224 Å². The van der Waals surface area contributed by atoms with Crippen molar-refractivity contribution in [3.05, 3.63) is 403 Å². The van der Waals surface area contributed by atoms with E-state index < -0.39 is 5.78 Å². The first-order valence-corrected chi connectivity index (χ1v) is 36.9. The minimum Gasteiger partial charge on any atom is -0.509 e. The van der Waals surface area contributed by atoms with Crippen LogP contribution >= 0.6 is 0 Å². The molecule has 0 amide bonds. The highest BCUT2D eigenvalue weighted by atomic mass is 16.5. The first-order chi connectivity index (χ1) is 59.0. The molecule has 5 N–H and O–H groups in total. The molecule has 0 spiro atoms. The Labute approximate surface area is 705 Å². The maximum atomic E-state index is 11.2. The van der Waals surface area contributed by atoms with Crippen LogP contribution in [-0.4, -0.2) is 57.1 Å². The molecule has 0 saturated heterocycles. The molecule has 0 atom stereocenters. The fraction of sp³-hybridized carbons (Fsp3) is 0.122. The van der Waals surface area contributed by atoms with E-state index in [2.05, 4.69) is 50.0 Å². The van der Waals surface area contributed by atoms with Crippen molar-refractivity contribution in [1.29, 1.82) is 0 Å². The number of methoxy groups -OCH3 is 1. The fourth-order valence-corrected chi connectivity index (χ4v) is 9.02. The number of nitrogens with two attached hydrogens (primary N) is 1. The zero-order valence-corrected chi connectivity index (χ0v) is 67.3. The molecule has 0 radical (unpaired) electrons. The number of carbonyl (C=O) groups excluding carboxylic acids is 6. The van der Waals surface area contributed by atoms with Crippen molar-refractivity contribution >= 4 is 46.9 Å². The maximum absolute atomic E-state index is 11.2. The SMILES string of the molecule is C#CC(=O)c1ccc(COc2ccccc2)o1.C=C(N)/C=C/c1ccc(CO)o1.C=C(O)/C=C/c1ccc(CO)o1.C=CC(=O)c1ccc(COc2ccccc2)o1.C=CC(=O)c1ccc(COc2ccccc2)o1.CC(=O)C#Cc1ccc(COc2ccccc2)o1.CC(=O)C#Cc1ccc(COc2ccccc2)o1.COCc1ccc(C(C)=O)o1. The molecule has 0 unspecified atom stereocenters. The van der Waals surface area contributed by atoms with E-state index in [0.717, 1.165) is 28.7 Å². The summed E-state index contributed by atoms with van der Waals surface area (Å²) in [5, 5.41) is 26.0. The lowest BCUT2D eigenvalue weighted by Crippen LogP contribution is -1.94. The summed E-state index contributed by atoms with van der Waals surface area (Å²) in [5.74, 6) is 22.7. The van der Waals surface area contributed by atoms with E-state index in [0.29, 0.717) is 114 Å². The van der Waals surface area contributed by atoms with Gasteiger partial charge in [0.2, 0.25) is 23.1 Å². The predicted octanol–water partition coefficient (Wildman–Crippen LogP) is 19.5. The van der Waals surface area contributed by atoms with Crippen LogP contribution in [0.15, 0.2) is 346 Å². The fourth-order valence-electron chi connectivity index (χ4n) is 9.02. The third-order valence-electron chi connectivity index (χ3n) is 14.7.